The number of halogens is 1. The molecule has 24 heavy (non-hydrogen) atoms. The summed E-state index contributed by atoms with van der Waals surface area (Å²) in [7, 11) is 0. The van der Waals surface area contributed by atoms with Gasteiger partial charge in [0.2, 0.25) is 0 Å². The van der Waals surface area contributed by atoms with E-state index in [4.69, 9.17) is 10.8 Å². The largest absolute Gasteiger partial charge is 0.481 e. The number of hydrogen-bond acceptors (Lipinski definition) is 6. The summed E-state index contributed by atoms with van der Waals surface area (Å²) in [6.07, 6.45) is 2.65. The molecule has 0 radical (unpaired) electrons. The van der Waals surface area contributed by atoms with Crippen molar-refractivity contribution in [2.45, 2.75) is 12.8 Å². The fourth-order valence-electron chi connectivity index (χ4n) is 2.78. The fraction of sp³-hybridized carbons (Fsp3) is 0.312. The van der Waals surface area contributed by atoms with Gasteiger partial charge in [-0.2, -0.15) is 0 Å². The lowest BCUT2D eigenvalue weighted by atomic mass is 9.97. The molecular weight excluding hydrogens is 374 g/mol. The van der Waals surface area contributed by atoms with Crippen molar-refractivity contribution >= 4 is 44.9 Å². The van der Waals surface area contributed by atoms with E-state index in [9.17, 15) is 4.79 Å². The minimum absolute atomic E-state index is 0.288. The van der Waals surface area contributed by atoms with Crippen molar-refractivity contribution in [2.75, 3.05) is 29.0 Å². The number of carboxylic acids is 1. The smallest absolute Gasteiger partial charge is 0.306 e. The van der Waals surface area contributed by atoms with E-state index in [1.165, 1.54) is 6.33 Å². The molecule has 0 unspecified atom stereocenters. The summed E-state index contributed by atoms with van der Waals surface area (Å²) in [4.78, 5) is 21.6. The maximum absolute atomic E-state index is 11.1. The Morgan fingerprint density at radius 1 is 1.33 bits per heavy atom. The van der Waals surface area contributed by atoms with Crippen LogP contribution in [0.5, 0.6) is 0 Å². The van der Waals surface area contributed by atoms with Crippen molar-refractivity contribution in [3.8, 4) is 0 Å². The zero-order valence-corrected chi connectivity index (χ0v) is 14.5. The first kappa shape index (κ1) is 16.5. The molecule has 1 aromatic carbocycles. The third-order valence-electron chi connectivity index (χ3n) is 4.09. The van der Waals surface area contributed by atoms with Crippen LogP contribution in [0.4, 0.5) is 23.0 Å². The summed E-state index contributed by atoms with van der Waals surface area (Å²) in [5.41, 5.74) is 7.57. The second-order valence-corrected chi connectivity index (χ2v) is 6.61. The Morgan fingerprint density at radius 3 is 2.75 bits per heavy atom. The normalized spacial score (nSPS) is 15.3. The Morgan fingerprint density at radius 2 is 2.08 bits per heavy atom. The molecular formula is C16H18BrN5O2. The van der Waals surface area contributed by atoms with Crippen molar-refractivity contribution in [3.63, 3.8) is 0 Å². The average molecular weight is 392 g/mol. The highest BCUT2D eigenvalue weighted by molar-refractivity contribution is 9.10. The lowest BCUT2D eigenvalue weighted by Gasteiger charge is -2.31. The first-order valence-electron chi connectivity index (χ1n) is 7.65. The number of carboxylic acid groups (broad SMARTS) is 1. The van der Waals surface area contributed by atoms with Crippen molar-refractivity contribution in [3.05, 3.63) is 35.1 Å². The predicted molar refractivity (Wildman–Crippen MR) is 96.4 cm³/mol. The molecule has 126 valence electrons. The zero-order valence-electron chi connectivity index (χ0n) is 12.9. The van der Waals surface area contributed by atoms with Gasteiger partial charge in [0.25, 0.3) is 0 Å². The Bertz CT molecular complexity index is 747. The number of nitrogens with zero attached hydrogens (tertiary/aromatic N) is 3. The Hall–Kier alpha value is -2.35. The molecule has 1 saturated heterocycles. The van der Waals surface area contributed by atoms with E-state index in [1.54, 1.807) is 0 Å². The molecule has 1 aromatic heterocycles. The number of aliphatic carboxylic acids is 1. The standard InChI is InChI=1S/C16H18BrN5O2/c17-11-2-1-3-12(8-11)21-14-13(18)15(20-9-19-14)22-6-4-10(5-7-22)16(23)24/h1-3,8-10H,4-7,18H2,(H,23,24)(H,19,20,21). The fourth-order valence-corrected chi connectivity index (χ4v) is 3.18. The second-order valence-electron chi connectivity index (χ2n) is 5.69. The van der Waals surface area contributed by atoms with Crippen LogP contribution in [0.25, 0.3) is 0 Å². The summed E-state index contributed by atoms with van der Waals surface area (Å²) in [6.45, 7) is 1.24. The van der Waals surface area contributed by atoms with Gasteiger partial charge < -0.3 is 21.1 Å². The van der Waals surface area contributed by atoms with Crippen LogP contribution in [0.15, 0.2) is 35.1 Å². The maximum Gasteiger partial charge on any atom is 0.306 e. The van der Waals surface area contributed by atoms with Gasteiger partial charge in [0.05, 0.1) is 5.92 Å². The van der Waals surface area contributed by atoms with E-state index in [0.717, 1.165) is 10.2 Å². The third kappa shape index (κ3) is 3.59. The molecule has 8 heteroatoms. The van der Waals surface area contributed by atoms with Gasteiger partial charge in [-0.3, -0.25) is 4.79 Å². The number of nitrogens with two attached hydrogens (primary N) is 1. The van der Waals surface area contributed by atoms with Crippen LogP contribution in [0.2, 0.25) is 0 Å². The van der Waals surface area contributed by atoms with Gasteiger partial charge in [0, 0.05) is 23.2 Å². The van der Waals surface area contributed by atoms with Crippen LogP contribution >= 0.6 is 15.9 Å². The van der Waals surface area contributed by atoms with Crippen molar-refractivity contribution < 1.29 is 9.90 Å². The Balaban J connectivity index is 1.78. The number of hydrogen-bond donors (Lipinski definition) is 3. The van der Waals surface area contributed by atoms with Gasteiger partial charge in [0.15, 0.2) is 11.6 Å². The number of anilines is 4. The summed E-state index contributed by atoms with van der Waals surface area (Å²) >= 11 is 3.43. The van der Waals surface area contributed by atoms with E-state index < -0.39 is 5.97 Å². The molecule has 0 bridgehead atoms. The Labute approximate surface area is 148 Å². The summed E-state index contributed by atoms with van der Waals surface area (Å²) in [6, 6.07) is 7.71. The minimum Gasteiger partial charge on any atom is -0.481 e. The minimum atomic E-state index is -0.734. The molecule has 2 aromatic rings. The van der Waals surface area contributed by atoms with Crippen molar-refractivity contribution in [1.29, 1.82) is 0 Å². The third-order valence-corrected chi connectivity index (χ3v) is 4.59. The van der Waals surface area contributed by atoms with E-state index in [1.807, 2.05) is 29.2 Å². The summed E-state index contributed by atoms with van der Waals surface area (Å²) in [5, 5.41) is 12.3. The number of nitrogens with one attached hydrogen (secondary N) is 1. The second kappa shape index (κ2) is 7.04. The average Bonchev–Trinajstić information content (AvgIpc) is 2.57. The highest BCUT2D eigenvalue weighted by atomic mass is 79.9. The molecule has 7 nitrogen and oxygen atoms in total. The highest BCUT2D eigenvalue weighted by Gasteiger charge is 2.26. The molecule has 0 saturated carbocycles. The molecule has 1 fully saturated rings. The number of piperidine rings is 1. The number of benzene rings is 1. The molecule has 0 atom stereocenters. The molecule has 0 aliphatic carbocycles. The first-order chi connectivity index (χ1) is 11.5. The van der Waals surface area contributed by atoms with E-state index >= 15 is 0 Å². The topological polar surface area (TPSA) is 104 Å². The highest BCUT2D eigenvalue weighted by Crippen LogP contribution is 2.31. The molecule has 1 aliphatic heterocycles. The molecule has 1 aliphatic rings. The number of nitrogen functional groups attached to an aromatic ring is 1. The molecule has 0 amide bonds. The number of carbonyl (C=O) groups is 1. The molecule has 3 rings (SSSR count). The summed E-state index contributed by atoms with van der Waals surface area (Å²) in [5.74, 6) is 0.163. The van der Waals surface area contributed by atoms with Crippen molar-refractivity contribution in [2.24, 2.45) is 5.92 Å². The maximum atomic E-state index is 11.1. The van der Waals surface area contributed by atoms with Gasteiger partial charge >= 0.3 is 5.97 Å². The van der Waals surface area contributed by atoms with Gasteiger partial charge in [-0.05, 0) is 31.0 Å². The monoisotopic (exact) mass is 391 g/mol. The molecule has 4 N–H and O–H groups in total. The molecule has 2 heterocycles. The van der Waals surface area contributed by atoms with Gasteiger partial charge in [-0.25, -0.2) is 9.97 Å². The van der Waals surface area contributed by atoms with Crippen LogP contribution < -0.4 is 16.0 Å². The Kier molecular flexibility index (Phi) is 4.84. The lowest BCUT2D eigenvalue weighted by Crippen LogP contribution is -2.37. The van der Waals surface area contributed by atoms with Crippen LogP contribution in [-0.4, -0.2) is 34.1 Å². The predicted octanol–water partition coefficient (Wildman–Crippen LogP) is 2.87. The first-order valence-corrected chi connectivity index (χ1v) is 8.44. The van der Waals surface area contributed by atoms with E-state index in [0.29, 0.717) is 43.3 Å². The van der Waals surface area contributed by atoms with Crippen molar-refractivity contribution in [1.82, 2.24) is 9.97 Å². The van der Waals surface area contributed by atoms with Gasteiger partial charge in [0.1, 0.15) is 12.0 Å². The SMILES string of the molecule is Nc1c(Nc2cccc(Br)c2)ncnc1N1CCC(C(=O)O)CC1. The lowest BCUT2D eigenvalue weighted by molar-refractivity contribution is -0.142. The van der Waals surface area contributed by atoms with Crippen LogP contribution in [0.3, 0.4) is 0 Å². The quantitative estimate of drug-likeness (QED) is 0.735. The van der Waals surface area contributed by atoms with E-state index in [2.05, 4.69) is 31.2 Å². The molecule has 0 spiro atoms. The van der Waals surface area contributed by atoms with Crippen LogP contribution in [0, 0.1) is 5.92 Å². The number of rotatable bonds is 4. The van der Waals surface area contributed by atoms with E-state index in [-0.39, 0.29) is 5.92 Å². The van der Waals surface area contributed by atoms with Crippen LogP contribution in [-0.2, 0) is 4.79 Å². The van der Waals surface area contributed by atoms with Gasteiger partial charge in [-0.15, -0.1) is 0 Å². The zero-order chi connectivity index (χ0) is 17.1. The van der Waals surface area contributed by atoms with Gasteiger partial charge in [-0.1, -0.05) is 22.0 Å². The van der Waals surface area contributed by atoms with Crippen LogP contribution in [0.1, 0.15) is 12.8 Å². The number of aromatic nitrogens is 2. The summed E-state index contributed by atoms with van der Waals surface area (Å²) < 4.78 is 0.955.